The molecule has 2 rings (SSSR count). The maximum absolute atomic E-state index is 12.4. The molecule has 126 valence electrons. The van der Waals surface area contributed by atoms with E-state index in [1.165, 1.54) is 4.57 Å². The summed E-state index contributed by atoms with van der Waals surface area (Å²) in [4.78, 5) is 24.6. The number of hydrogen-bond acceptors (Lipinski definition) is 3. The zero-order valence-electron chi connectivity index (χ0n) is 14.0. The Bertz CT molecular complexity index is 732. The second kappa shape index (κ2) is 7.46. The zero-order valence-corrected chi connectivity index (χ0v) is 14.0. The van der Waals surface area contributed by atoms with E-state index < -0.39 is 6.10 Å². The Morgan fingerprint density at radius 3 is 2.39 bits per heavy atom. The van der Waals surface area contributed by atoms with Crippen molar-refractivity contribution >= 4 is 16.9 Å². The van der Waals surface area contributed by atoms with Crippen molar-refractivity contribution in [3.05, 3.63) is 34.7 Å². The molecule has 1 aromatic carbocycles. The molecule has 0 radical (unpaired) electrons. The largest absolute Gasteiger partial charge is 0.391 e. The molecular weight excluding hydrogens is 294 g/mol. The van der Waals surface area contributed by atoms with E-state index in [-0.39, 0.29) is 30.6 Å². The number of para-hydroxylation sites is 2. The van der Waals surface area contributed by atoms with E-state index in [4.69, 9.17) is 0 Å². The molecule has 0 aliphatic carbocycles. The number of benzene rings is 1. The first-order chi connectivity index (χ1) is 11.0. The molecule has 1 aromatic heterocycles. The molecule has 23 heavy (non-hydrogen) atoms. The number of fused-ring (bicyclic) bond motifs is 1. The molecule has 2 N–H and O–H groups in total. The first kappa shape index (κ1) is 17.3. The second-order valence-electron chi connectivity index (χ2n) is 5.86. The van der Waals surface area contributed by atoms with Crippen LogP contribution in [0.5, 0.6) is 0 Å². The fraction of sp³-hybridized carbons (Fsp3) is 0.529. The van der Waals surface area contributed by atoms with Gasteiger partial charge in [-0.2, -0.15) is 0 Å². The quantitative estimate of drug-likeness (QED) is 0.809. The predicted molar refractivity (Wildman–Crippen MR) is 90.3 cm³/mol. The van der Waals surface area contributed by atoms with Crippen molar-refractivity contribution < 1.29 is 9.90 Å². The third kappa shape index (κ3) is 3.64. The number of carbonyl (C=O) groups is 1. The van der Waals surface area contributed by atoms with Gasteiger partial charge in [0, 0.05) is 13.1 Å². The van der Waals surface area contributed by atoms with Crippen LogP contribution in [-0.2, 0) is 17.9 Å². The second-order valence-corrected chi connectivity index (χ2v) is 5.86. The monoisotopic (exact) mass is 319 g/mol. The van der Waals surface area contributed by atoms with Crippen LogP contribution in [-0.4, -0.2) is 32.8 Å². The number of rotatable bonds is 7. The van der Waals surface area contributed by atoms with E-state index in [0.717, 1.165) is 17.5 Å². The minimum atomic E-state index is -0.572. The maximum atomic E-state index is 12.4. The molecule has 0 bridgehead atoms. The molecule has 2 aromatic rings. The van der Waals surface area contributed by atoms with E-state index in [9.17, 15) is 14.7 Å². The predicted octanol–water partition coefficient (Wildman–Crippen LogP) is 1.35. The van der Waals surface area contributed by atoms with Gasteiger partial charge < -0.3 is 10.4 Å². The van der Waals surface area contributed by atoms with Gasteiger partial charge in [-0.25, -0.2) is 4.79 Å². The van der Waals surface area contributed by atoms with Gasteiger partial charge in [-0.1, -0.05) is 32.4 Å². The van der Waals surface area contributed by atoms with Crippen molar-refractivity contribution in [2.45, 2.75) is 46.4 Å². The van der Waals surface area contributed by atoms with Crippen LogP contribution in [0.3, 0.4) is 0 Å². The van der Waals surface area contributed by atoms with Gasteiger partial charge in [-0.15, -0.1) is 0 Å². The topological polar surface area (TPSA) is 76.3 Å². The summed E-state index contributed by atoms with van der Waals surface area (Å²) in [5.74, 6) is -0.145. The molecule has 6 nitrogen and oxygen atoms in total. The molecular formula is C17H25N3O3. The fourth-order valence-corrected chi connectivity index (χ4v) is 2.62. The highest BCUT2D eigenvalue weighted by atomic mass is 16.3. The highest BCUT2D eigenvalue weighted by Gasteiger charge is 2.16. The maximum Gasteiger partial charge on any atom is 0.329 e. The number of amides is 1. The Morgan fingerprint density at radius 2 is 1.83 bits per heavy atom. The van der Waals surface area contributed by atoms with Crippen molar-refractivity contribution in [1.82, 2.24) is 14.5 Å². The lowest BCUT2D eigenvalue weighted by Crippen LogP contribution is -2.38. The average molecular weight is 319 g/mol. The van der Waals surface area contributed by atoms with Crippen LogP contribution in [0.15, 0.2) is 29.1 Å². The third-order valence-corrected chi connectivity index (χ3v) is 4.35. The highest BCUT2D eigenvalue weighted by Crippen LogP contribution is 2.12. The first-order valence-electron chi connectivity index (χ1n) is 8.12. The summed E-state index contributed by atoms with van der Waals surface area (Å²) < 4.78 is 3.13. The summed E-state index contributed by atoms with van der Waals surface area (Å²) in [6, 6.07) is 7.44. The number of aryl methyl sites for hydroxylation is 1. The lowest BCUT2D eigenvalue weighted by atomic mass is 10.0. The molecule has 0 saturated heterocycles. The number of aliphatic hydroxyl groups excluding tert-OH is 1. The summed E-state index contributed by atoms with van der Waals surface area (Å²) in [5, 5.41) is 12.6. The Morgan fingerprint density at radius 1 is 1.22 bits per heavy atom. The number of carbonyl (C=O) groups excluding carboxylic acids is 1. The lowest BCUT2D eigenvalue weighted by molar-refractivity contribution is -0.122. The van der Waals surface area contributed by atoms with Crippen LogP contribution in [0.1, 0.15) is 27.2 Å². The summed E-state index contributed by atoms with van der Waals surface area (Å²) in [6.45, 7) is 6.56. The Hall–Kier alpha value is -2.08. The van der Waals surface area contributed by atoms with Gasteiger partial charge in [-0.3, -0.25) is 13.9 Å². The minimum absolute atomic E-state index is 0.0421. The molecule has 0 fully saturated rings. The molecule has 0 aliphatic rings. The van der Waals surface area contributed by atoms with Crippen LogP contribution in [0.25, 0.3) is 11.0 Å². The molecule has 0 aliphatic heterocycles. The Kier molecular flexibility index (Phi) is 5.60. The van der Waals surface area contributed by atoms with Crippen LogP contribution in [0.4, 0.5) is 0 Å². The number of hydrogen-bond donors (Lipinski definition) is 2. The van der Waals surface area contributed by atoms with Gasteiger partial charge in [0.25, 0.3) is 0 Å². The van der Waals surface area contributed by atoms with Gasteiger partial charge in [0.1, 0.15) is 6.54 Å². The van der Waals surface area contributed by atoms with Crippen LogP contribution < -0.4 is 11.0 Å². The van der Waals surface area contributed by atoms with Crippen molar-refractivity contribution in [2.75, 3.05) is 6.54 Å². The minimum Gasteiger partial charge on any atom is -0.391 e. The van der Waals surface area contributed by atoms with Gasteiger partial charge in [0.2, 0.25) is 5.91 Å². The van der Waals surface area contributed by atoms with E-state index in [1.54, 1.807) is 4.57 Å². The number of imidazole rings is 1. The van der Waals surface area contributed by atoms with Crippen LogP contribution in [0, 0.1) is 5.92 Å². The van der Waals surface area contributed by atoms with Crippen molar-refractivity contribution in [2.24, 2.45) is 5.92 Å². The number of nitrogens with one attached hydrogen (secondary N) is 1. The number of aromatic nitrogens is 2. The van der Waals surface area contributed by atoms with Crippen molar-refractivity contribution in [3.8, 4) is 0 Å². The highest BCUT2D eigenvalue weighted by molar-refractivity contribution is 5.80. The molecule has 1 amide bonds. The van der Waals surface area contributed by atoms with Gasteiger partial charge in [0.15, 0.2) is 0 Å². The van der Waals surface area contributed by atoms with E-state index >= 15 is 0 Å². The third-order valence-electron chi connectivity index (χ3n) is 4.35. The molecule has 0 spiro atoms. The number of nitrogens with zero attached hydrogens (tertiary/aromatic N) is 2. The summed E-state index contributed by atoms with van der Waals surface area (Å²) in [6.07, 6.45) is 0.276. The van der Waals surface area contributed by atoms with Crippen LogP contribution in [0.2, 0.25) is 0 Å². The SMILES string of the molecule is CCC(C)C(O)CNC(=O)Cn1c(=O)n(CC)c2ccccc21. The molecule has 1 heterocycles. The van der Waals surface area contributed by atoms with Crippen molar-refractivity contribution in [3.63, 3.8) is 0 Å². The summed E-state index contributed by atoms with van der Waals surface area (Å²) >= 11 is 0. The smallest absolute Gasteiger partial charge is 0.329 e. The van der Waals surface area contributed by atoms with E-state index in [0.29, 0.717) is 6.54 Å². The first-order valence-corrected chi connectivity index (χ1v) is 8.12. The normalized spacial score (nSPS) is 13.9. The molecule has 0 saturated carbocycles. The van der Waals surface area contributed by atoms with Crippen LogP contribution >= 0.6 is 0 Å². The number of aliphatic hydroxyl groups is 1. The van der Waals surface area contributed by atoms with E-state index in [2.05, 4.69) is 5.32 Å². The summed E-state index contributed by atoms with van der Waals surface area (Å²) in [7, 11) is 0. The van der Waals surface area contributed by atoms with Gasteiger partial charge >= 0.3 is 5.69 Å². The Balaban J connectivity index is 2.14. The molecule has 6 heteroatoms. The Labute approximate surface area is 135 Å². The molecule has 2 unspecified atom stereocenters. The zero-order chi connectivity index (χ0) is 17.0. The summed E-state index contributed by atoms with van der Waals surface area (Å²) in [5.41, 5.74) is 1.38. The standard InChI is InChI=1S/C17H25N3O3/c1-4-12(3)15(21)10-18-16(22)11-20-14-9-7-6-8-13(14)19(5-2)17(20)23/h6-9,12,15,21H,4-5,10-11H2,1-3H3,(H,18,22). The molecule has 2 atom stereocenters. The van der Waals surface area contributed by atoms with Crippen molar-refractivity contribution in [1.29, 1.82) is 0 Å². The fourth-order valence-electron chi connectivity index (χ4n) is 2.62. The lowest BCUT2D eigenvalue weighted by Gasteiger charge is -2.17. The van der Waals surface area contributed by atoms with Gasteiger partial charge in [-0.05, 0) is 25.0 Å². The average Bonchev–Trinajstić information content (AvgIpc) is 2.83. The van der Waals surface area contributed by atoms with E-state index in [1.807, 2.05) is 45.0 Å². The van der Waals surface area contributed by atoms with Gasteiger partial charge in [0.05, 0.1) is 17.1 Å².